The second-order valence-electron chi connectivity index (χ2n) is 12.2. The van der Waals surface area contributed by atoms with E-state index in [4.69, 9.17) is 0 Å². The Labute approximate surface area is 269 Å². The lowest BCUT2D eigenvalue weighted by molar-refractivity contribution is 1.55. The lowest BCUT2D eigenvalue weighted by atomic mass is 9.89. The fourth-order valence-electron chi connectivity index (χ4n) is 7.12. The predicted molar refractivity (Wildman–Crippen MR) is 197 cm³/mol. The molecule has 0 heterocycles. The molecule has 46 heavy (non-hydrogen) atoms. The van der Waals surface area contributed by atoms with Gasteiger partial charge in [-0.15, -0.1) is 0 Å². The number of benzene rings is 9. The summed E-state index contributed by atoms with van der Waals surface area (Å²) in [7, 11) is 0. The van der Waals surface area contributed by atoms with Crippen LogP contribution in [0.5, 0.6) is 0 Å². The monoisotopic (exact) mass is 582 g/mol. The first kappa shape index (κ1) is 26.4. The molecule has 9 rings (SSSR count). The van der Waals surface area contributed by atoms with Gasteiger partial charge in [0.25, 0.3) is 0 Å². The Morgan fingerprint density at radius 1 is 0.217 bits per heavy atom. The molecule has 0 saturated heterocycles. The minimum atomic E-state index is 1.21. The van der Waals surface area contributed by atoms with Crippen molar-refractivity contribution in [3.8, 4) is 55.6 Å². The molecule has 0 fully saturated rings. The Morgan fingerprint density at radius 2 is 0.609 bits per heavy atom. The lowest BCUT2D eigenvalue weighted by Gasteiger charge is -2.15. The third-order valence-corrected chi connectivity index (χ3v) is 9.38. The minimum absolute atomic E-state index is 1.21. The Balaban J connectivity index is 1.16. The zero-order chi connectivity index (χ0) is 30.5. The van der Waals surface area contributed by atoms with Gasteiger partial charge in [-0.05, 0) is 118 Å². The highest BCUT2D eigenvalue weighted by Gasteiger charge is 2.13. The molecule has 0 amide bonds. The molecule has 0 nitrogen and oxygen atoms in total. The summed E-state index contributed by atoms with van der Waals surface area (Å²) in [5.41, 5.74) is 12.2. The van der Waals surface area contributed by atoms with E-state index in [1.165, 1.54) is 88.0 Å². The lowest BCUT2D eigenvalue weighted by Crippen LogP contribution is -1.88. The van der Waals surface area contributed by atoms with Gasteiger partial charge in [-0.25, -0.2) is 0 Å². The van der Waals surface area contributed by atoms with Crippen molar-refractivity contribution in [2.24, 2.45) is 0 Å². The molecule has 0 bridgehead atoms. The molecule has 0 atom stereocenters. The van der Waals surface area contributed by atoms with Gasteiger partial charge in [-0.1, -0.05) is 152 Å². The van der Waals surface area contributed by atoms with E-state index in [0.29, 0.717) is 0 Å². The average molecular weight is 583 g/mol. The fraction of sp³-hybridized carbons (Fsp3) is 0. The Morgan fingerprint density at radius 3 is 1.22 bits per heavy atom. The van der Waals surface area contributed by atoms with Crippen molar-refractivity contribution < 1.29 is 0 Å². The van der Waals surface area contributed by atoms with E-state index in [1.54, 1.807) is 0 Å². The molecule has 214 valence electrons. The first-order chi connectivity index (χ1) is 22.8. The van der Waals surface area contributed by atoms with Crippen LogP contribution in [0.25, 0.3) is 88.0 Å². The fourth-order valence-corrected chi connectivity index (χ4v) is 7.12. The maximum Gasteiger partial charge on any atom is -0.00206 e. The van der Waals surface area contributed by atoms with Gasteiger partial charge in [0, 0.05) is 0 Å². The molecule has 0 heteroatoms. The van der Waals surface area contributed by atoms with E-state index in [1.807, 2.05) is 0 Å². The van der Waals surface area contributed by atoms with Crippen LogP contribution in [0.1, 0.15) is 0 Å². The van der Waals surface area contributed by atoms with Crippen LogP contribution in [-0.2, 0) is 0 Å². The molecule has 0 saturated carbocycles. The van der Waals surface area contributed by atoms with Crippen LogP contribution in [0.15, 0.2) is 182 Å². The second-order valence-corrected chi connectivity index (χ2v) is 12.2. The van der Waals surface area contributed by atoms with Gasteiger partial charge in [0.1, 0.15) is 0 Å². The third kappa shape index (κ3) is 4.55. The molecule has 9 aromatic carbocycles. The van der Waals surface area contributed by atoms with Gasteiger partial charge in [0.2, 0.25) is 0 Å². The van der Waals surface area contributed by atoms with Crippen molar-refractivity contribution in [3.63, 3.8) is 0 Å². The normalized spacial score (nSPS) is 11.5. The topological polar surface area (TPSA) is 0 Å². The first-order valence-electron chi connectivity index (χ1n) is 15.9. The van der Waals surface area contributed by atoms with Crippen LogP contribution in [-0.4, -0.2) is 0 Å². The summed E-state index contributed by atoms with van der Waals surface area (Å²) in [4.78, 5) is 0. The van der Waals surface area contributed by atoms with Crippen molar-refractivity contribution in [2.45, 2.75) is 0 Å². The molecule has 0 aliphatic carbocycles. The summed E-state index contributed by atoms with van der Waals surface area (Å²) in [5, 5.41) is 7.90. The predicted octanol–water partition coefficient (Wildman–Crippen LogP) is 12.9. The Bertz CT molecular complexity index is 2430. The molecular formula is C46H30. The zero-order valence-corrected chi connectivity index (χ0v) is 25.3. The number of hydrogen-bond donors (Lipinski definition) is 0. The third-order valence-electron chi connectivity index (χ3n) is 9.38. The standard InChI is InChI=1S/C46H30/c1-3-10-31(11-4-1)40-28-41(32-12-5-2-6-13-32)30-42(29-40)38-18-8-16-36(26-38)37-17-9-19-39(27-37)43-24-22-35-21-20-33-14-7-15-34-23-25-44(43)46(35)45(33)34/h1-30H. The smallest absolute Gasteiger partial charge is 0.00206 e. The SMILES string of the molecule is c1ccc(-c2cc(-c3ccccc3)cc(-c3cccc(-c4cccc(-c5ccc6ccc7cccc8ccc5c6c78)c4)c3)c2)cc1. The summed E-state index contributed by atoms with van der Waals surface area (Å²) >= 11 is 0. The first-order valence-corrected chi connectivity index (χ1v) is 15.9. The van der Waals surface area contributed by atoms with Gasteiger partial charge in [0.15, 0.2) is 0 Å². The number of hydrogen-bond acceptors (Lipinski definition) is 0. The molecule has 0 spiro atoms. The Kier molecular flexibility index (Phi) is 6.25. The highest BCUT2D eigenvalue weighted by molar-refractivity contribution is 6.25. The maximum absolute atomic E-state index is 2.35. The van der Waals surface area contributed by atoms with Crippen molar-refractivity contribution in [3.05, 3.63) is 182 Å². The van der Waals surface area contributed by atoms with E-state index in [0.717, 1.165) is 0 Å². The molecule has 0 aromatic heterocycles. The summed E-state index contributed by atoms with van der Waals surface area (Å²) in [6, 6.07) is 66.5. The van der Waals surface area contributed by atoms with Crippen LogP contribution in [0.2, 0.25) is 0 Å². The van der Waals surface area contributed by atoms with Crippen LogP contribution in [0.4, 0.5) is 0 Å². The summed E-state index contributed by atoms with van der Waals surface area (Å²) in [6.07, 6.45) is 0. The highest BCUT2D eigenvalue weighted by Crippen LogP contribution is 2.40. The quantitative estimate of drug-likeness (QED) is 0.177. The van der Waals surface area contributed by atoms with Crippen LogP contribution >= 0.6 is 0 Å². The van der Waals surface area contributed by atoms with Gasteiger partial charge < -0.3 is 0 Å². The van der Waals surface area contributed by atoms with Crippen LogP contribution in [0.3, 0.4) is 0 Å². The van der Waals surface area contributed by atoms with Gasteiger partial charge in [-0.3, -0.25) is 0 Å². The van der Waals surface area contributed by atoms with Crippen molar-refractivity contribution >= 4 is 32.3 Å². The summed E-state index contributed by atoms with van der Waals surface area (Å²) < 4.78 is 0. The zero-order valence-electron chi connectivity index (χ0n) is 25.3. The summed E-state index contributed by atoms with van der Waals surface area (Å²) in [5.74, 6) is 0. The number of rotatable bonds is 5. The van der Waals surface area contributed by atoms with E-state index in [9.17, 15) is 0 Å². The van der Waals surface area contributed by atoms with E-state index in [-0.39, 0.29) is 0 Å². The van der Waals surface area contributed by atoms with Crippen molar-refractivity contribution in [1.29, 1.82) is 0 Å². The Hall–Kier alpha value is -5.98. The molecule has 0 N–H and O–H groups in total. The van der Waals surface area contributed by atoms with E-state index in [2.05, 4.69) is 182 Å². The molecular weight excluding hydrogens is 553 g/mol. The van der Waals surface area contributed by atoms with E-state index < -0.39 is 0 Å². The molecule has 9 aromatic rings. The van der Waals surface area contributed by atoms with E-state index >= 15 is 0 Å². The van der Waals surface area contributed by atoms with Crippen LogP contribution < -0.4 is 0 Å². The molecule has 0 aliphatic rings. The molecule has 0 unspecified atom stereocenters. The largest absolute Gasteiger partial charge is 0.0622 e. The second kappa shape index (κ2) is 10.9. The molecule has 0 radical (unpaired) electrons. The van der Waals surface area contributed by atoms with Gasteiger partial charge in [-0.2, -0.15) is 0 Å². The van der Waals surface area contributed by atoms with Crippen molar-refractivity contribution in [2.75, 3.05) is 0 Å². The van der Waals surface area contributed by atoms with Gasteiger partial charge in [0.05, 0.1) is 0 Å². The highest BCUT2D eigenvalue weighted by atomic mass is 14.2. The summed E-state index contributed by atoms with van der Waals surface area (Å²) in [6.45, 7) is 0. The van der Waals surface area contributed by atoms with Gasteiger partial charge >= 0.3 is 0 Å². The minimum Gasteiger partial charge on any atom is -0.0622 e. The maximum atomic E-state index is 2.35. The van der Waals surface area contributed by atoms with Crippen molar-refractivity contribution in [1.82, 2.24) is 0 Å². The van der Waals surface area contributed by atoms with Crippen LogP contribution in [0, 0.1) is 0 Å². The average Bonchev–Trinajstić information content (AvgIpc) is 3.14. The molecule has 0 aliphatic heterocycles.